The molecular weight excluding hydrogens is 700 g/mol. The average molecular weight is 745 g/mol. The minimum atomic E-state index is -2.38. The zero-order chi connectivity index (χ0) is 38.9. The number of β-amino-alcohol motifs (C(OH)–C–C–N with tert-alkyl or cyclic N) is 2. The molecule has 2 fully saturated rings. The predicted molar refractivity (Wildman–Crippen MR) is 179 cm³/mol. The number of hydrogen-bond acceptors (Lipinski definition) is 16. The van der Waals surface area contributed by atoms with Crippen LogP contribution in [0.4, 0.5) is 4.79 Å². The first-order valence-corrected chi connectivity index (χ1v) is 17.2. The van der Waals surface area contributed by atoms with E-state index in [1.165, 1.54) is 37.1 Å². The predicted octanol–water partition coefficient (Wildman–Crippen LogP) is 0.232. The molecule has 7 N–H and O–H groups in total. The fourth-order valence-electron chi connectivity index (χ4n) is 7.76. The number of benzene rings is 2. The Kier molecular flexibility index (Phi) is 10.1. The standard InChI is InChI=1S/C36H44N2O15/c1-15-29(43)18(38-22(41)12-37(13-23(38)42)34(48)53-35(2,3)4)9-24(51-15)52-20-11-36(49,21(40)14-39)10-17-26(20)33(47)28-27(31(17)45)30(44)16-7-6-8-19(50-5)25(16)32(28)46/h6-8,15,18,20,22-24,29,39,41-43,45,47,49H,9-14H2,1-5H3/t15-,18?,20-,22?,23?,24-,29+,36-/m0/s1. The third kappa shape index (κ3) is 6.65. The van der Waals surface area contributed by atoms with Gasteiger partial charge in [-0.2, -0.15) is 0 Å². The molecule has 0 aromatic heterocycles. The number of aromatic hydroxyl groups is 2. The van der Waals surface area contributed by atoms with Crippen LogP contribution in [0.1, 0.15) is 89.6 Å². The number of ether oxygens (including phenoxy) is 4. The van der Waals surface area contributed by atoms with Crippen molar-refractivity contribution in [3.63, 3.8) is 0 Å². The number of carbonyl (C=O) groups is 4. The van der Waals surface area contributed by atoms with Gasteiger partial charge in [-0.1, -0.05) is 12.1 Å². The van der Waals surface area contributed by atoms with Gasteiger partial charge in [-0.3, -0.25) is 14.4 Å². The van der Waals surface area contributed by atoms with Crippen molar-refractivity contribution >= 4 is 23.4 Å². The van der Waals surface area contributed by atoms with E-state index in [2.05, 4.69) is 0 Å². The van der Waals surface area contributed by atoms with Crippen LogP contribution in [0.5, 0.6) is 17.2 Å². The van der Waals surface area contributed by atoms with Gasteiger partial charge in [0.1, 0.15) is 47.5 Å². The van der Waals surface area contributed by atoms with E-state index in [-0.39, 0.29) is 47.5 Å². The smallest absolute Gasteiger partial charge is 0.410 e. The molecular formula is C36H44N2O15. The number of piperazine rings is 1. The van der Waals surface area contributed by atoms with Gasteiger partial charge in [0.05, 0.1) is 55.2 Å². The fourth-order valence-corrected chi connectivity index (χ4v) is 7.76. The number of fused-ring (bicyclic) bond motifs is 3. The molecule has 17 nitrogen and oxygen atoms in total. The molecule has 0 radical (unpaired) electrons. The highest BCUT2D eigenvalue weighted by Crippen LogP contribution is 2.52. The topological polar surface area (TPSA) is 253 Å². The van der Waals surface area contributed by atoms with Crippen LogP contribution in [-0.4, -0.2) is 144 Å². The molecule has 2 aliphatic heterocycles. The molecule has 1 amide bonds. The lowest BCUT2D eigenvalue weighted by atomic mass is 9.72. The van der Waals surface area contributed by atoms with Crippen molar-refractivity contribution in [1.82, 2.24) is 9.80 Å². The number of hydrogen-bond donors (Lipinski definition) is 7. The van der Waals surface area contributed by atoms with Gasteiger partial charge in [0.25, 0.3) is 0 Å². The van der Waals surface area contributed by atoms with Crippen molar-refractivity contribution in [2.75, 3.05) is 26.8 Å². The molecule has 2 aromatic rings. The number of aliphatic hydroxyl groups excluding tert-OH is 4. The summed E-state index contributed by atoms with van der Waals surface area (Å²) in [4.78, 5) is 55.7. The van der Waals surface area contributed by atoms with E-state index in [1.807, 2.05) is 0 Å². The Morgan fingerprint density at radius 3 is 2.25 bits per heavy atom. The van der Waals surface area contributed by atoms with Crippen LogP contribution < -0.4 is 4.74 Å². The first-order chi connectivity index (χ1) is 24.8. The average Bonchev–Trinajstić information content (AvgIpc) is 3.08. The third-order valence-electron chi connectivity index (χ3n) is 10.2. The number of Topliss-reactive ketones (excluding diaryl/α,β-unsaturated/α-hetero) is 1. The second-order valence-corrected chi connectivity index (χ2v) is 14.9. The molecule has 6 rings (SSSR count). The van der Waals surface area contributed by atoms with E-state index >= 15 is 0 Å². The first kappa shape index (κ1) is 38.5. The van der Waals surface area contributed by atoms with Gasteiger partial charge in [0.15, 0.2) is 17.9 Å². The summed E-state index contributed by atoms with van der Waals surface area (Å²) in [5.74, 6) is -4.20. The maximum Gasteiger partial charge on any atom is 0.410 e. The van der Waals surface area contributed by atoms with E-state index < -0.39 is 120 Å². The number of aliphatic hydroxyl groups is 5. The minimum absolute atomic E-state index is 0.0457. The van der Waals surface area contributed by atoms with Gasteiger partial charge >= 0.3 is 6.09 Å². The van der Waals surface area contributed by atoms with Crippen molar-refractivity contribution in [1.29, 1.82) is 0 Å². The normalized spacial score (nSPS) is 30.3. The Morgan fingerprint density at radius 2 is 1.64 bits per heavy atom. The first-order valence-electron chi connectivity index (χ1n) is 17.2. The second-order valence-electron chi connectivity index (χ2n) is 14.9. The third-order valence-corrected chi connectivity index (χ3v) is 10.2. The molecule has 8 atom stereocenters. The molecule has 0 spiro atoms. The van der Waals surface area contributed by atoms with Gasteiger partial charge < -0.3 is 59.6 Å². The molecule has 3 unspecified atom stereocenters. The lowest BCUT2D eigenvalue weighted by molar-refractivity contribution is -0.280. The molecule has 53 heavy (non-hydrogen) atoms. The Hall–Kier alpha value is -4.20. The SMILES string of the molecule is COc1cccc2c1C(=O)c1c(O)c3c(c(O)c1C2=O)C[C@@](O)(C(=O)CO)C[C@@H]3O[C@H]1CC(N2C(O)CN(C(=O)OC(C)(C)C)CC2O)[C@H](O)[C@H](C)O1. The van der Waals surface area contributed by atoms with Gasteiger partial charge in [0.2, 0.25) is 5.78 Å². The highest BCUT2D eigenvalue weighted by Gasteiger charge is 2.52. The van der Waals surface area contributed by atoms with Gasteiger partial charge in [-0.25, -0.2) is 9.69 Å². The number of rotatable bonds is 6. The number of phenolic OH excluding ortho intramolecular Hbond substituents is 2. The van der Waals surface area contributed by atoms with Crippen molar-refractivity contribution in [2.45, 2.75) is 101 Å². The molecule has 2 heterocycles. The number of methoxy groups -OCH3 is 1. The van der Waals surface area contributed by atoms with Crippen LogP contribution in [0.15, 0.2) is 18.2 Å². The van der Waals surface area contributed by atoms with E-state index in [4.69, 9.17) is 18.9 Å². The molecule has 2 saturated heterocycles. The van der Waals surface area contributed by atoms with E-state index in [1.54, 1.807) is 20.8 Å². The fraction of sp³-hybridized carbons (Fsp3) is 0.556. The highest BCUT2D eigenvalue weighted by atomic mass is 16.7. The van der Waals surface area contributed by atoms with E-state index in [0.717, 1.165) is 4.90 Å². The number of phenols is 2. The van der Waals surface area contributed by atoms with Gasteiger partial charge in [-0.15, -0.1) is 0 Å². The molecule has 288 valence electrons. The highest BCUT2D eigenvalue weighted by molar-refractivity contribution is 6.31. The monoisotopic (exact) mass is 744 g/mol. The maximum absolute atomic E-state index is 13.9. The Bertz CT molecular complexity index is 1830. The summed E-state index contributed by atoms with van der Waals surface area (Å²) in [5.41, 5.74) is -5.06. The van der Waals surface area contributed by atoms with E-state index in [9.17, 15) is 54.9 Å². The summed E-state index contributed by atoms with van der Waals surface area (Å²) in [5, 5.41) is 78.2. The summed E-state index contributed by atoms with van der Waals surface area (Å²) in [6.45, 7) is 4.85. The molecule has 2 aliphatic carbocycles. The van der Waals surface area contributed by atoms with Crippen LogP contribution >= 0.6 is 0 Å². The van der Waals surface area contributed by atoms with Gasteiger partial charge in [-0.05, 0) is 33.8 Å². The van der Waals surface area contributed by atoms with Crippen LogP contribution in [0, 0.1) is 0 Å². The number of nitrogens with zero attached hydrogens (tertiary/aromatic N) is 2. The number of carbonyl (C=O) groups excluding carboxylic acids is 4. The van der Waals surface area contributed by atoms with Crippen molar-refractivity contribution < 1.29 is 73.9 Å². The summed E-state index contributed by atoms with van der Waals surface area (Å²) in [6.07, 6.45) is -10.4. The largest absolute Gasteiger partial charge is 0.507 e. The number of ketones is 3. The quantitative estimate of drug-likeness (QED) is 0.167. The Balaban J connectivity index is 1.36. The van der Waals surface area contributed by atoms with Crippen LogP contribution in [0.3, 0.4) is 0 Å². The summed E-state index contributed by atoms with van der Waals surface area (Å²) >= 11 is 0. The summed E-state index contributed by atoms with van der Waals surface area (Å²) in [6, 6.07) is 3.23. The molecule has 4 aliphatic rings. The van der Waals surface area contributed by atoms with E-state index in [0.29, 0.717) is 0 Å². The number of amides is 1. The molecule has 17 heteroatoms. The van der Waals surface area contributed by atoms with Crippen molar-refractivity contribution in [2.24, 2.45) is 0 Å². The molecule has 0 bridgehead atoms. The maximum atomic E-state index is 13.9. The lowest BCUT2D eigenvalue weighted by Gasteiger charge is -2.50. The van der Waals surface area contributed by atoms with Crippen molar-refractivity contribution in [3.05, 3.63) is 51.6 Å². The van der Waals surface area contributed by atoms with Crippen LogP contribution in [-0.2, 0) is 25.4 Å². The Morgan fingerprint density at radius 1 is 1.00 bits per heavy atom. The van der Waals surface area contributed by atoms with Crippen LogP contribution in [0.2, 0.25) is 0 Å². The zero-order valence-corrected chi connectivity index (χ0v) is 29.8. The summed E-state index contributed by atoms with van der Waals surface area (Å²) in [7, 11) is 1.30. The van der Waals surface area contributed by atoms with Gasteiger partial charge in [0, 0.05) is 42.0 Å². The summed E-state index contributed by atoms with van der Waals surface area (Å²) < 4.78 is 22.9. The molecule has 0 saturated carbocycles. The second kappa shape index (κ2) is 13.9. The van der Waals surface area contributed by atoms with Crippen LogP contribution in [0.25, 0.3) is 0 Å². The zero-order valence-electron chi connectivity index (χ0n) is 29.8. The Labute approximate surface area is 303 Å². The lowest BCUT2D eigenvalue weighted by Crippen LogP contribution is -2.67. The van der Waals surface area contributed by atoms with Crippen molar-refractivity contribution in [3.8, 4) is 17.2 Å². The minimum Gasteiger partial charge on any atom is -0.507 e. The molecule has 2 aromatic carbocycles.